The van der Waals surface area contributed by atoms with Gasteiger partial charge in [-0.2, -0.15) is 0 Å². The molecular weight excluding hydrogens is 298 g/mol. The maximum absolute atomic E-state index is 5.31. The highest BCUT2D eigenvalue weighted by Gasteiger charge is 2.24. The van der Waals surface area contributed by atoms with Gasteiger partial charge >= 0.3 is 0 Å². The summed E-state index contributed by atoms with van der Waals surface area (Å²) in [4.78, 5) is 6.50. The molecule has 1 aliphatic heterocycles. The van der Waals surface area contributed by atoms with Crippen LogP contribution in [0, 0.1) is 0 Å². The quantitative estimate of drug-likeness (QED) is 0.701. The second kappa shape index (κ2) is 10.3. The van der Waals surface area contributed by atoms with Gasteiger partial charge in [-0.05, 0) is 11.4 Å². The first kappa shape index (κ1) is 17.8. The van der Waals surface area contributed by atoms with Gasteiger partial charge in [0, 0.05) is 64.9 Å². The van der Waals surface area contributed by atoms with Crippen LogP contribution in [0.25, 0.3) is 0 Å². The maximum Gasteiger partial charge on any atom is 0.0589 e. The van der Waals surface area contributed by atoms with Gasteiger partial charge in [0.2, 0.25) is 0 Å². The number of rotatable bonds is 10. The third-order valence-corrected chi connectivity index (χ3v) is 5.09. The van der Waals surface area contributed by atoms with Crippen LogP contribution in [0.1, 0.15) is 10.9 Å². The predicted molar refractivity (Wildman–Crippen MR) is 91.7 cm³/mol. The molecule has 1 aromatic heterocycles. The number of hydrogen-bond donors (Lipinski definition) is 1. The molecule has 1 fully saturated rings. The number of piperazine rings is 1. The molecule has 1 unspecified atom stereocenters. The number of nitrogens with one attached hydrogen (secondary N) is 1. The van der Waals surface area contributed by atoms with E-state index in [0.717, 1.165) is 59.0 Å². The zero-order valence-corrected chi connectivity index (χ0v) is 14.6. The van der Waals surface area contributed by atoms with Gasteiger partial charge in [0.25, 0.3) is 0 Å². The molecule has 126 valence electrons. The van der Waals surface area contributed by atoms with Crippen molar-refractivity contribution in [3.8, 4) is 0 Å². The predicted octanol–water partition coefficient (Wildman–Crippen LogP) is 1.29. The lowest BCUT2D eigenvalue weighted by Crippen LogP contribution is -2.48. The van der Waals surface area contributed by atoms with Gasteiger partial charge in [0.15, 0.2) is 0 Å². The highest BCUT2D eigenvalue weighted by molar-refractivity contribution is 7.10. The molecule has 0 saturated carbocycles. The van der Waals surface area contributed by atoms with Gasteiger partial charge in [-0.1, -0.05) is 6.07 Å². The molecule has 0 bridgehead atoms. The van der Waals surface area contributed by atoms with E-state index < -0.39 is 0 Å². The molecule has 6 heteroatoms. The van der Waals surface area contributed by atoms with E-state index in [1.54, 1.807) is 14.2 Å². The Bertz CT molecular complexity index is 375. The van der Waals surface area contributed by atoms with E-state index in [2.05, 4.69) is 32.6 Å². The Kier molecular flexibility index (Phi) is 8.36. The molecule has 1 N–H and O–H groups in total. The van der Waals surface area contributed by atoms with Crippen LogP contribution >= 0.6 is 11.3 Å². The summed E-state index contributed by atoms with van der Waals surface area (Å²) in [6.45, 7) is 8.91. The summed E-state index contributed by atoms with van der Waals surface area (Å²) in [6.07, 6.45) is 0. The van der Waals surface area contributed by atoms with Gasteiger partial charge in [0.1, 0.15) is 0 Å². The Morgan fingerprint density at radius 1 is 1.23 bits per heavy atom. The van der Waals surface area contributed by atoms with Crippen molar-refractivity contribution < 1.29 is 9.47 Å². The van der Waals surface area contributed by atoms with Crippen molar-refractivity contribution in [3.05, 3.63) is 22.4 Å². The first-order valence-electron chi connectivity index (χ1n) is 8.03. The van der Waals surface area contributed by atoms with Gasteiger partial charge in [-0.15, -0.1) is 11.3 Å². The third-order valence-electron chi connectivity index (χ3n) is 4.12. The Labute approximate surface area is 138 Å². The summed E-state index contributed by atoms with van der Waals surface area (Å²) in [5.74, 6) is 0. The van der Waals surface area contributed by atoms with E-state index in [1.165, 1.54) is 4.88 Å². The number of nitrogens with zero attached hydrogens (tertiary/aromatic N) is 2. The molecule has 5 nitrogen and oxygen atoms in total. The molecule has 1 saturated heterocycles. The minimum absolute atomic E-state index is 0.420. The lowest BCUT2D eigenvalue weighted by Gasteiger charge is -2.36. The second-order valence-corrected chi connectivity index (χ2v) is 6.58. The van der Waals surface area contributed by atoms with E-state index in [9.17, 15) is 0 Å². The molecule has 1 aromatic rings. The van der Waals surface area contributed by atoms with E-state index in [1.807, 2.05) is 11.3 Å². The van der Waals surface area contributed by atoms with Gasteiger partial charge in [-0.3, -0.25) is 9.80 Å². The minimum Gasteiger partial charge on any atom is -0.383 e. The Morgan fingerprint density at radius 3 is 2.45 bits per heavy atom. The van der Waals surface area contributed by atoms with Crippen LogP contribution in [-0.4, -0.2) is 83.0 Å². The van der Waals surface area contributed by atoms with Crippen molar-refractivity contribution in [1.29, 1.82) is 0 Å². The normalized spacial score (nSPS) is 18.0. The van der Waals surface area contributed by atoms with Crippen molar-refractivity contribution >= 4 is 11.3 Å². The van der Waals surface area contributed by atoms with E-state index >= 15 is 0 Å². The van der Waals surface area contributed by atoms with Crippen molar-refractivity contribution in [2.75, 3.05) is 73.2 Å². The molecule has 0 radical (unpaired) electrons. The summed E-state index contributed by atoms with van der Waals surface area (Å²) >= 11 is 1.85. The van der Waals surface area contributed by atoms with Crippen molar-refractivity contribution in [2.24, 2.45) is 0 Å². The minimum atomic E-state index is 0.420. The highest BCUT2D eigenvalue weighted by Crippen LogP contribution is 2.26. The monoisotopic (exact) mass is 327 g/mol. The number of thiophene rings is 1. The van der Waals surface area contributed by atoms with Gasteiger partial charge < -0.3 is 14.8 Å². The van der Waals surface area contributed by atoms with Gasteiger partial charge in [0.05, 0.1) is 19.3 Å². The lowest BCUT2D eigenvalue weighted by molar-refractivity contribution is 0.0692. The van der Waals surface area contributed by atoms with Crippen LogP contribution in [0.5, 0.6) is 0 Å². The molecule has 22 heavy (non-hydrogen) atoms. The summed E-state index contributed by atoms with van der Waals surface area (Å²) in [5, 5.41) is 5.60. The summed E-state index contributed by atoms with van der Waals surface area (Å²) in [6, 6.07) is 4.82. The van der Waals surface area contributed by atoms with Crippen molar-refractivity contribution in [2.45, 2.75) is 6.04 Å². The van der Waals surface area contributed by atoms with Crippen LogP contribution in [0.4, 0.5) is 0 Å². The molecule has 0 aromatic carbocycles. The first-order valence-corrected chi connectivity index (χ1v) is 8.91. The van der Waals surface area contributed by atoms with Crippen molar-refractivity contribution in [3.63, 3.8) is 0 Å². The fourth-order valence-electron chi connectivity index (χ4n) is 2.85. The van der Waals surface area contributed by atoms with Gasteiger partial charge in [-0.25, -0.2) is 0 Å². The van der Waals surface area contributed by atoms with E-state index in [0.29, 0.717) is 6.04 Å². The smallest absolute Gasteiger partial charge is 0.0589 e. The number of methoxy groups -OCH3 is 2. The fraction of sp³-hybridized carbons (Fsp3) is 0.750. The SMILES string of the molecule is COCCN(CCOC)C(CN1CCNCC1)c1cccs1. The van der Waals surface area contributed by atoms with Crippen LogP contribution < -0.4 is 5.32 Å². The van der Waals surface area contributed by atoms with Crippen LogP contribution in [0.2, 0.25) is 0 Å². The molecule has 0 aliphatic carbocycles. The van der Waals surface area contributed by atoms with Crippen LogP contribution in [0.3, 0.4) is 0 Å². The highest BCUT2D eigenvalue weighted by atomic mass is 32.1. The standard InChI is InChI=1S/C16H29N3O2S/c1-20-11-9-19(10-12-21-2)15(16-4-3-13-22-16)14-18-7-5-17-6-8-18/h3-4,13,15,17H,5-12,14H2,1-2H3. The molecule has 2 rings (SSSR count). The molecule has 1 aliphatic rings. The van der Waals surface area contributed by atoms with Crippen LogP contribution in [0.15, 0.2) is 17.5 Å². The molecule has 2 heterocycles. The summed E-state index contributed by atoms with van der Waals surface area (Å²) < 4.78 is 10.6. The number of ether oxygens (including phenoxy) is 2. The summed E-state index contributed by atoms with van der Waals surface area (Å²) in [5.41, 5.74) is 0. The fourth-order valence-corrected chi connectivity index (χ4v) is 3.70. The zero-order valence-electron chi connectivity index (χ0n) is 13.8. The average molecular weight is 327 g/mol. The van der Waals surface area contributed by atoms with E-state index in [4.69, 9.17) is 9.47 Å². The largest absolute Gasteiger partial charge is 0.383 e. The molecular formula is C16H29N3O2S. The Morgan fingerprint density at radius 2 is 1.91 bits per heavy atom. The lowest BCUT2D eigenvalue weighted by atomic mass is 10.1. The molecule has 1 atom stereocenters. The average Bonchev–Trinajstić information content (AvgIpc) is 3.08. The summed E-state index contributed by atoms with van der Waals surface area (Å²) in [7, 11) is 3.54. The maximum atomic E-state index is 5.31. The topological polar surface area (TPSA) is 37.0 Å². The molecule has 0 amide bonds. The molecule has 0 spiro atoms. The van der Waals surface area contributed by atoms with Crippen molar-refractivity contribution in [1.82, 2.24) is 15.1 Å². The van der Waals surface area contributed by atoms with Crippen LogP contribution in [-0.2, 0) is 9.47 Å². The number of hydrogen-bond acceptors (Lipinski definition) is 6. The third kappa shape index (κ3) is 5.61. The Hall–Kier alpha value is -0.500. The Balaban J connectivity index is 2.05. The second-order valence-electron chi connectivity index (χ2n) is 5.60. The first-order chi connectivity index (χ1) is 10.8. The van der Waals surface area contributed by atoms with E-state index in [-0.39, 0.29) is 0 Å². The zero-order chi connectivity index (χ0) is 15.6.